The highest BCUT2D eigenvalue weighted by molar-refractivity contribution is 5.94. The summed E-state index contributed by atoms with van der Waals surface area (Å²) in [5, 5.41) is 6.27. The third kappa shape index (κ3) is 5.58. The smallest absolute Gasteiger partial charge is 0.306 e. The van der Waals surface area contributed by atoms with Gasteiger partial charge in [0.05, 0.1) is 32.1 Å². The lowest BCUT2D eigenvalue weighted by Crippen LogP contribution is -2.15. The summed E-state index contributed by atoms with van der Waals surface area (Å²) in [7, 11) is 1.58. The number of aromatic amines is 1. The molecule has 1 fully saturated rings. The van der Waals surface area contributed by atoms with Crippen LogP contribution in [0.15, 0.2) is 60.7 Å². The molecule has 1 aliphatic heterocycles. The molecule has 1 atom stereocenters. The number of amides is 1. The van der Waals surface area contributed by atoms with Crippen molar-refractivity contribution in [2.75, 3.05) is 24.4 Å². The van der Waals surface area contributed by atoms with E-state index < -0.39 is 0 Å². The van der Waals surface area contributed by atoms with Crippen LogP contribution in [-0.4, -0.2) is 35.6 Å². The van der Waals surface area contributed by atoms with Crippen molar-refractivity contribution < 1.29 is 19.1 Å². The largest absolute Gasteiger partial charge is 0.494 e. The van der Waals surface area contributed by atoms with Crippen molar-refractivity contribution in [1.29, 1.82) is 0 Å². The van der Waals surface area contributed by atoms with Crippen molar-refractivity contribution >= 4 is 40.2 Å². The number of esters is 1. The number of para-hydroxylation sites is 1. The molecule has 3 aromatic carbocycles. The minimum atomic E-state index is -0.155. The molecule has 0 aliphatic carbocycles. The molecule has 8 nitrogen and oxygen atoms in total. The normalized spacial score (nSPS) is 15.6. The third-order valence-electron chi connectivity index (χ3n) is 6.68. The molecule has 1 amide bonds. The number of aromatic nitrogens is 2. The SMILES string of the molecule is COc1c(CC(=O)Nc2ccc(C3CCCOC(=O)C3)cc2)ccc2[nH]c(Nc3ccccc3C)nc12. The molecule has 2 heterocycles. The molecular weight excluding hydrogens is 468 g/mol. The number of hydrogen-bond acceptors (Lipinski definition) is 6. The Morgan fingerprint density at radius 2 is 1.95 bits per heavy atom. The van der Waals surface area contributed by atoms with E-state index in [0.29, 0.717) is 35.9 Å². The zero-order valence-electron chi connectivity index (χ0n) is 21.0. The van der Waals surface area contributed by atoms with Gasteiger partial charge in [0, 0.05) is 16.9 Å². The number of cyclic esters (lactones) is 1. The van der Waals surface area contributed by atoms with Gasteiger partial charge in [0.1, 0.15) is 11.3 Å². The van der Waals surface area contributed by atoms with Crippen molar-refractivity contribution in [3.63, 3.8) is 0 Å². The number of carbonyl (C=O) groups excluding carboxylic acids is 2. The van der Waals surface area contributed by atoms with Crippen LogP contribution in [0.5, 0.6) is 5.75 Å². The van der Waals surface area contributed by atoms with Gasteiger partial charge in [-0.2, -0.15) is 0 Å². The number of benzene rings is 3. The van der Waals surface area contributed by atoms with Gasteiger partial charge >= 0.3 is 5.97 Å². The Labute approximate surface area is 215 Å². The molecule has 0 spiro atoms. The molecule has 5 rings (SSSR count). The fourth-order valence-electron chi connectivity index (χ4n) is 4.74. The van der Waals surface area contributed by atoms with Crippen LogP contribution in [0.2, 0.25) is 0 Å². The van der Waals surface area contributed by atoms with Crippen LogP contribution in [-0.2, 0) is 20.7 Å². The summed E-state index contributed by atoms with van der Waals surface area (Å²) in [5.41, 5.74) is 6.08. The molecule has 0 bridgehead atoms. The Bertz CT molecular complexity index is 1430. The second-order valence-corrected chi connectivity index (χ2v) is 9.29. The van der Waals surface area contributed by atoms with E-state index in [9.17, 15) is 9.59 Å². The summed E-state index contributed by atoms with van der Waals surface area (Å²) < 4.78 is 10.8. The molecule has 0 saturated carbocycles. The summed E-state index contributed by atoms with van der Waals surface area (Å²) in [6.45, 7) is 2.52. The van der Waals surface area contributed by atoms with E-state index in [1.165, 1.54) is 0 Å². The molecule has 1 aromatic heterocycles. The standard InChI is InChI=1S/C29H30N4O4/c1-18-6-3-4-8-23(18)31-29-32-24-14-11-21(28(36-2)27(24)33-29)16-25(34)30-22-12-9-19(10-13-22)20-7-5-15-37-26(35)17-20/h3-4,6,8-14,20H,5,7,15-17H2,1-2H3,(H,30,34)(H2,31,32,33). The molecule has 1 aliphatic rings. The number of H-pyrrole nitrogens is 1. The summed E-state index contributed by atoms with van der Waals surface area (Å²) in [6, 6.07) is 19.5. The first kappa shape index (κ1) is 24.4. The number of rotatable bonds is 7. The maximum atomic E-state index is 12.9. The van der Waals surface area contributed by atoms with Crippen LogP contribution >= 0.6 is 0 Å². The van der Waals surface area contributed by atoms with Crippen LogP contribution in [0.25, 0.3) is 11.0 Å². The summed E-state index contributed by atoms with van der Waals surface area (Å²) in [4.78, 5) is 32.6. The second-order valence-electron chi connectivity index (χ2n) is 9.29. The number of hydrogen-bond donors (Lipinski definition) is 3. The number of anilines is 3. The van der Waals surface area contributed by atoms with Crippen LogP contribution < -0.4 is 15.4 Å². The number of methoxy groups -OCH3 is 1. The fourth-order valence-corrected chi connectivity index (χ4v) is 4.74. The zero-order chi connectivity index (χ0) is 25.8. The monoisotopic (exact) mass is 498 g/mol. The Morgan fingerprint density at radius 1 is 1.14 bits per heavy atom. The van der Waals surface area contributed by atoms with Gasteiger partial charge in [-0.25, -0.2) is 4.98 Å². The Balaban J connectivity index is 1.28. The van der Waals surface area contributed by atoms with Crippen molar-refractivity contribution in [1.82, 2.24) is 9.97 Å². The maximum Gasteiger partial charge on any atom is 0.306 e. The van der Waals surface area contributed by atoms with Gasteiger partial charge in [0.15, 0.2) is 0 Å². The van der Waals surface area contributed by atoms with Gasteiger partial charge in [0.2, 0.25) is 11.9 Å². The first-order valence-corrected chi connectivity index (χ1v) is 12.4. The first-order chi connectivity index (χ1) is 18.0. The predicted molar refractivity (Wildman–Crippen MR) is 143 cm³/mol. The highest BCUT2D eigenvalue weighted by Crippen LogP contribution is 2.32. The minimum Gasteiger partial charge on any atom is -0.494 e. The van der Waals surface area contributed by atoms with E-state index in [-0.39, 0.29) is 24.2 Å². The van der Waals surface area contributed by atoms with Gasteiger partial charge in [-0.3, -0.25) is 9.59 Å². The minimum absolute atomic E-state index is 0.142. The van der Waals surface area contributed by atoms with Crippen molar-refractivity contribution in [2.45, 2.75) is 38.5 Å². The molecule has 1 saturated heterocycles. The number of nitrogens with one attached hydrogen (secondary N) is 3. The Morgan fingerprint density at radius 3 is 2.73 bits per heavy atom. The average Bonchev–Trinajstić information content (AvgIpc) is 3.17. The number of fused-ring (bicyclic) bond motifs is 1. The van der Waals surface area contributed by atoms with E-state index in [1.54, 1.807) is 7.11 Å². The van der Waals surface area contributed by atoms with Crippen LogP contribution in [0, 0.1) is 6.92 Å². The zero-order valence-corrected chi connectivity index (χ0v) is 21.0. The molecule has 0 radical (unpaired) electrons. The highest BCUT2D eigenvalue weighted by Gasteiger charge is 2.21. The van der Waals surface area contributed by atoms with E-state index in [4.69, 9.17) is 9.47 Å². The van der Waals surface area contributed by atoms with Crippen molar-refractivity contribution in [2.24, 2.45) is 0 Å². The van der Waals surface area contributed by atoms with Gasteiger partial charge in [-0.1, -0.05) is 36.4 Å². The molecule has 4 aromatic rings. The van der Waals surface area contributed by atoms with Gasteiger partial charge in [-0.15, -0.1) is 0 Å². The van der Waals surface area contributed by atoms with E-state index >= 15 is 0 Å². The molecule has 190 valence electrons. The summed E-state index contributed by atoms with van der Waals surface area (Å²) in [6.07, 6.45) is 2.31. The number of imidazole rings is 1. The topological polar surface area (TPSA) is 105 Å². The van der Waals surface area contributed by atoms with Crippen molar-refractivity contribution in [3.8, 4) is 5.75 Å². The first-order valence-electron chi connectivity index (χ1n) is 12.4. The fraction of sp³-hybridized carbons (Fsp3) is 0.276. The lowest BCUT2D eigenvalue weighted by Gasteiger charge is -2.14. The number of carbonyl (C=O) groups is 2. The predicted octanol–water partition coefficient (Wildman–Crippen LogP) is 5.62. The van der Waals surface area contributed by atoms with Gasteiger partial charge in [-0.05, 0) is 61.1 Å². The van der Waals surface area contributed by atoms with Crippen LogP contribution in [0.1, 0.15) is 41.9 Å². The molecule has 1 unspecified atom stereocenters. The maximum absolute atomic E-state index is 12.9. The van der Waals surface area contributed by atoms with Crippen LogP contribution in [0.3, 0.4) is 0 Å². The van der Waals surface area contributed by atoms with Crippen molar-refractivity contribution in [3.05, 3.63) is 77.4 Å². The Hall–Kier alpha value is -4.33. The highest BCUT2D eigenvalue weighted by atomic mass is 16.5. The van der Waals surface area contributed by atoms with E-state index in [2.05, 4.69) is 20.6 Å². The molecular formula is C29H30N4O4. The molecule has 3 N–H and O–H groups in total. The summed E-state index contributed by atoms with van der Waals surface area (Å²) >= 11 is 0. The molecule has 8 heteroatoms. The average molecular weight is 499 g/mol. The number of aryl methyl sites for hydroxylation is 1. The lowest BCUT2D eigenvalue weighted by molar-refractivity contribution is -0.142. The number of ether oxygens (including phenoxy) is 2. The van der Waals surface area contributed by atoms with Gasteiger partial charge < -0.3 is 25.1 Å². The lowest BCUT2D eigenvalue weighted by atomic mass is 9.92. The van der Waals surface area contributed by atoms with E-state index in [1.807, 2.05) is 67.6 Å². The van der Waals surface area contributed by atoms with Crippen LogP contribution in [0.4, 0.5) is 17.3 Å². The Kier molecular flexibility index (Phi) is 7.07. The third-order valence-corrected chi connectivity index (χ3v) is 6.68. The summed E-state index contributed by atoms with van der Waals surface area (Å²) in [5.74, 6) is 1.01. The van der Waals surface area contributed by atoms with E-state index in [0.717, 1.165) is 40.7 Å². The molecule has 37 heavy (non-hydrogen) atoms. The number of nitrogens with zero attached hydrogens (tertiary/aromatic N) is 1. The quantitative estimate of drug-likeness (QED) is 0.286. The second kappa shape index (κ2) is 10.7. The van der Waals surface area contributed by atoms with Gasteiger partial charge in [0.25, 0.3) is 0 Å².